The van der Waals surface area contributed by atoms with Gasteiger partial charge in [0.1, 0.15) is 0 Å². The molecule has 1 aliphatic rings. The van der Waals surface area contributed by atoms with Crippen LogP contribution in [-0.2, 0) is 4.79 Å². The number of urea groups is 1. The molecule has 0 aromatic rings. The van der Waals surface area contributed by atoms with E-state index in [0.717, 1.165) is 0 Å². The van der Waals surface area contributed by atoms with Crippen molar-refractivity contribution in [2.75, 3.05) is 19.6 Å². The first-order valence-corrected chi connectivity index (χ1v) is 5.69. The van der Waals surface area contributed by atoms with E-state index in [1.165, 1.54) is 0 Å². The Balaban J connectivity index is 2.52. The number of carboxylic acid groups (broad SMARTS) is 1. The van der Waals surface area contributed by atoms with Crippen molar-refractivity contribution in [3.8, 4) is 12.3 Å². The van der Waals surface area contributed by atoms with Crippen LogP contribution in [0.15, 0.2) is 0 Å². The predicted octanol–water partition coefficient (Wildman–Crippen LogP) is 0.906. The molecule has 0 aromatic heterocycles. The summed E-state index contributed by atoms with van der Waals surface area (Å²) < 4.78 is 0. The summed E-state index contributed by atoms with van der Waals surface area (Å²) in [7, 11) is 0. The largest absolute Gasteiger partial charge is 0.481 e. The van der Waals surface area contributed by atoms with Crippen LogP contribution in [0.25, 0.3) is 0 Å². The third-order valence-corrected chi connectivity index (χ3v) is 3.05. The Hall–Kier alpha value is -1.70. The van der Waals surface area contributed by atoms with E-state index in [1.54, 1.807) is 11.8 Å². The molecule has 5 nitrogen and oxygen atoms in total. The average Bonchev–Trinajstić information content (AvgIpc) is 2.29. The number of carbonyl (C=O) groups is 2. The van der Waals surface area contributed by atoms with E-state index < -0.39 is 11.4 Å². The van der Waals surface area contributed by atoms with Gasteiger partial charge >= 0.3 is 12.0 Å². The Morgan fingerprint density at radius 1 is 1.59 bits per heavy atom. The number of nitrogens with zero attached hydrogens (tertiary/aromatic N) is 1. The van der Waals surface area contributed by atoms with Gasteiger partial charge in [-0.3, -0.25) is 4.79 Å². The van der Waals surface area contributed by atoms with Crippen LogP contribution in [0.3, 0.4) is 0 Å². The summed E-state index contributed by atoms with van der Waals surface area (Å²) in [5, 5.41) is 11.8. The molecule has 1 rings (SSSR count). The Morgan fingerprint density at radius 2 is 2.29 bits per heavy atom. The van der Waals surface area contributed by atoms with Crippen LogP contribution in [-0.4, -0.2) is 41.6 Å². The zero-order chi connectivity index (χ0) is 12.9. The molecule has 0 bridgehead atoms. The topological polar surface area (TPSA) is 69.6 Å². The Labute approximate surface area is 101 Å². The fourth-order valence-corrected chi connectivity index (χ4v) is 1.94. The number of carboxylic acids is 1. The molecule has 5 heteroatoms. The number of terminal acetylenes is 1. The minimum absolute atomic E-state index is 0.229. The zero-order valence-electron chi connectivity index (χ0n) is 10.0. The lowest BCUT2D eigenvalue weighted by molar-refractivity contribution is -0.150. The molecule has 0 aliphatic carbocycles. The Kier molecular flexibility index (Phi) is 4.38. The van der Waals surface area contributed by atoms with Crippen LogP contribution in [0, 0.1) is 17.8 Å². The van der Waals surface area contributed by atoms with Crippen molar-refractivity contribution >= 4 is 12.0 Å². The molecular weight excluding hydrogens is 220 g/mol. The highest BCUT2D eigenvalue weighted by Gasteiger charge is 2.39. The number of nitrogens with one attached hydrogen (secondary N) is 1. The summed E-state index contributed by atoms with van der Waals surface area (Å²) in [6.07, 6.45) is 6.89. The number of amides is 2. The summed E-state index contributed by atoms with van der Waals surface area (Å²) in [6, 6.07) is -0.229. The van der Waals surface area contributed by atoms with Gasteiger partial charge in [-0.2, -0.15) is 0 Å². The second kappa shape index (κ2) is 5.58. The van der Waals surface area contributed by atoms with Crippen LogP contribution in [0.4, 0.5) is 4.79 Å². The standard InChI is InChI=1S/C12H18N2O3/c1-3-4-7-13-11(17)14-8-5-6-12(2,9-14)10(15)16/h1H,4-9H2,2H3,(H,13,17)(H,15,16). The molecule has 1 heterocycles. The van der Waals surface area contributed by atoms with Gasteiger partial charge in [-0.15, -0.1) is 12.3 Å². The number of aliphatic carboxylic acids is 1. The van der Waals surface area contributed by atoms with Crippen molar-refractivity contribution in [2.45, 2.75) is 26.2 Å². The fraction of sp³-hybridized carbons (Fsp3) is 0.667. The van der Waals surface area contributed by atoms with Crippen LogP contribution in [0.5, 0.6) is 0 Å². The van der Waals surface area contributed by atoms with E-state index in [0.29, 0.717) is 32.4 Å². The van der Waals surface area contributed by atoms with Crippen molar-refractivity contribution < 1.29 is 14.7 Å². The van der Waals surface area contributed by atoms with Gasteiger partial charge in [-0.1, -0.05) is 0 Å². The smallest absolute Gasteiger partial charge is 0.317 e. The molecular formula is C12H18N2O3. The molecule has 0 spiro atoms. The summed E-state index contributed by atoms with van der Waals surface area (Å²) in [4.78, 5) is 24.4. The van der Waals surface area contributed by atoms with Gasteiger partial charge in [0.2, 0.25) is 0 Å². The molecule has 2 amide bonds. The molecule has 94 valence electrons. The lowest BCUT2D eigenvalue weighted by Crippen LogP contribution is -2.51. The molecule has 1 fully saturated rings. The summed E-state index contributed by atoms with van der Waals surface area (Å²) in [5.74, 6) is 1.58. The van der Waals surface area contributed by atoms with E-state index in [9.17, 15) is 9.59 Å². The number of hydrogen-bond acceptors (Lipinski definition) is 2. The molecule has 17 heavy (non-hydrogen) atoms. The lowest BCUT2D eigenvalue weighted by Gasteiger charge is -2.37. The summed E-state index contributed by atoms with van der Waals surface area (Å²) >= 11 is 0. The maximum Gasteiger partial charge on any atom is 0.317 e. The van der Waals surface area contributed by atoms with Gasteiger partial charge in [0.25, 0.3) is 0 Å². The minimum Gasteiger partial charge on any atom is -0.481 e. The van der Waals surface area contributed by atoms with Crippen molar-refractivity contribution in [3.63, 3.8) is 0 Å². The van der Waals surface area contributed by atoms with Crippen LogP contribution in [0.2, 0.25) is 0 Å². The van der Waals surface area contributed by atoms with E-state index in [4.69, 9.17) is 11.5 Å². The zero-order valence-corrected chi connectivity index (χ0v) is 10.0. The van der Waals surface area contributed by atoms with Crippen molar-refractivity contribution in [1.29, 1.82) is 0 Å². The van der Waals surface area contributed by atoms with Gasteiger partial charge in [0, 0.05) is 26.1 Å². The molecule has 1 unspecified atom stereocenters. The number of rotatable bonds is 3. The summed E-state index contributed by atoms with van der Waals surface area (Å²) in [6.45, 7) is 2.96. The molecule has 2 N–H and O–H groups in total. The molecule has 0 aromatic carbocycles. The molecule has 0 saturated carbocycles. The van der Waals surface area contributed by atoms with Gasteiger partial charge in [0.15, 0.2) is 0 Å². The van der Waals surface area contributed by atoms with Gasteiger partial charge in [-0.25, -0.2) is 4.79 Å². The maximum atomic E-state index is 11.7. The van der Waals surface area contributed by atoms with E-state index >= 15 is 0 Å². The van der Waals surface area contributed by atoms with Crippen molar-refractivity contribution in [1.82, 2.24) is 10.2 Å². The van der Waals surface area contributed by atoms with Gasteiger partial charge in [0.05, 0.1) is 5.41 Å². The van der Waals surface area contributed by atoms with E-state index in [1.807, 2.05) is 0 Å². The molecule has 1 atom stereocenters. The second-order valence-corrected chi connectivity index (χ2v) is 4.58. The number of piperidine rings is 1. The van der Waals surface area contributed by atoms with Crippen LogP contribution in [0.1, 0.15) is 26.2 Å². The monoisotopic (exact) mass is 238 g/mol. The molecule has 1 aliphatic heterocycles. The van der Waals surface area contributed by atoms with Crippen LogP contribution < -0.4 is 5.32 Å². The van der Waals surface area contributed by atoms with Gasteiger partial charge in [-0.05, 0) is 19.8 Å². The lowest BCUT2D eigenvalue weighted by atomic mass is 9.82. The molecule has 1 saturated heterocycles. The van der Waals surface area contributed by atoms with E-state index in [2.05, 4.69) is 11.2 Å². The maximum absolute atomic E-state index is 11.7. The molecule has 0 radical (unpaired) electrons. The number of hydrogen-bond donors (Lipinski definition) is 2. The predicted molar refractivity (Wildman–Crippen MR) is 63.4 cm³/mol. The highest BCUT2D eigenvalue weighted by atomic mass is 16.4. The minimum atomic E-state index is -0.848. The quantitative estimate of drug-likeness (QED) is 0.567. The second-order valence-electron chi connectivity index (χ2n) is 4.58. The first kappa shape index (κ1) is 13.4. The van der Waals surface area contributed by atoms with Gasteiger partial charge < -0.3 is 15.3 Å². The number of likely N-dealkylation sites (tertiary alicyclic amines) is 1. The number of carbonyl (C=O) groups excluding carboxylic acids is 1. The Morgan fingerprint density at radius 3 is 2.88 bits per heavy atom. The normalized spacial score (nSPS) is 23.9. The highest BCUT2D eigenvalue weighted by Crippen LogP contribution is 2.29. The average molecular weight is 238 g/mol. The first-order valence-electron chi connectivity index (χ1n) is 5.69. The van der Waals surface area contributed by atoms with Crippen molar-refractivity contribution in [2.24, 2.45) is 5.41 Å². The fourth-order valence-electron chi connectivity index (χ4n) is 1.94. The SMILES string of the molecule is C#CCCNC(=O)N1CCCC(C)(C(=O)O)C1. The third-order valence-electron chi connectivity index (χ3n) is 3.05. The first-order chi connectivity index (χ1) is 7.99. The third kappa shape index (κ3) is 3.38. The highest BCUT2D eigenvalue weighted by molar-refractivity contribution is 5.78. The van der Waals surface area contributed by atoms with Crippen LogP contribution >= 0.6 is 0 Å². The summed E-state index contributed by atoms with van der Waals surface area (Å²) in [5.41, 5.74) is -0.832. The van der Waals surface area contributed by atoms with E-state index in [-0.39, 0.29) is 12.6 Å². The van der Waals surface area contributed by atoms with Crippen molar-refractivity contribution in [3.05, 3.63) is 0 Å². The Bertz CT molecular complexity index is 348.